The largest absolute Gasteiger partial charge is 0.480 e. The summed E-state index contributed by atoms with van der Waals surface area (Å²) in [6.45, 7) is 8.01. The zero-order valence-electron chi connectivity index (χ0n) is 26.0. The van der Waals surface area contributed by atoms with E-state index in [1.165, 1.54) is 27.7 Å². The van der Waals surface area contributed by atoms with Gasteiger partial charge in [-0.05, 0) is 52.5 Å². The Labute approximate surface area is 256 Å². The van der Waals surface area contributed by atoms with E-state index < -0.39 is 96.0 Å². The van der Waals surface area contributed by atoms with Gasteiger partial charge in [-0.15, -0.1) is 0 Å². The van der Waals surface area contributed by atoms with Gasteiger partial charge in [0, 0.05) is 6.92 Å². The van der Waals surface area contributed by atoms with E-state index in [0.29, 0.717) is 25.8 Å². The van der Waals surface area contributed by atoms with Crippen LogP contribution >= 0.6 is 0 Å². The number of aliphatic hydroxyl groups excluding tert-OH is 1. The molecule has 0 aromatic carbocycles. The first-order chi connectivity index (χ1) is 20.5. The van der Waals surface area contributed by atoms with Crippen molar-refractivity contribution in [1.29, 1.82) is 0 Å². The van der Waals surface area contributed by atoms with Crippen LogP contribution in [0.15, 0.2) is 0 Å². The zero-order chi connectivity index (χ0) is 34.1. The lowest BCUT2D eigenvalue weighted by Gasteiger charge is -2.29. The fourth-order valence-corrected chi connectivity index (χ4v) is 3.82. The Morgan fingerprint density at radius 2 is 1.27 bits per heavy atom. The van der Waals surface area contributed by atoms with E-state index in [4.69, 9.17) is 10.8 Å². The molecule has 0 aliphatic rings. The van der Waals surface area contributed by atoms with Crippen molar-refractivity contribution in [2.45, 2.75) is 104 Å². The number of ketones is 1. The number of unbranched alkanes of at least 4 members (excludes halogenated alkanes) is 1. The van der Waals surface area contributed by atoms with Crippen LogP contribution in [0.1, 0.15) is 67.2 Å². The quantitative estimate of drug-likeness (QED) is 0.0477. The molecule has 0 saturated heterocycles. The Bertz CT molecular complexity index is 1050. The third kappa shape index (κ3) is 14.4. The van der Waals surface area contributed by atoms with Crippen LogP contribution in [-0.4, -0.2) is 107 Å². The number of carboxylic acids is 1. The molecule has 17 heteroatoms. The normalized spacial score (nSPS) is 15.5. The second-order valence-electron chi connectivity index (χ2n) is 10.5. The summed E-state index contributed by atoms with van der Waals surface area (Å²) in [4.78, 5) is 97.9. The summed E-state index contributed by atoms with van der Waals surface area (Å²) in [6.07, 6.45) is 0.468. The second kappa shape index (κ2) is 20.0. The lowest BCUT2D eigenvalue weighted by molar-refractivity contribution is -0.142. The van der Waals surface area contributed by atoms with Crippen LogP contribution in [0.2, 0.25) is 0 Å². The summed E-state index contributed by atoms with van der Waals surface area (Å²) < 4.78 is 0. The minimum absolute atomic E-state index is 0.285. The molecule has 0 fully saturated rings. The van der Waals surface area contributed by atoms with Crippen molar-refractivity contribution in [2.75, 3.05) is 13.1 Å². The number of rotatable bonds is 20. The Morgan fingerprint density at radius 1 is 0.727 bits per heavy atom. The summed E-state index contributed by atoms with van der Waals surface area (Å²) in [5.74, 6) is -7.82. The molecular weight excluding hydrogens is 582 g/mol. The molecule has 0 radical (unpaired) electrons. The Kier molecular flexibility index (Phi) is 18.1. The van der Waals surface area contributed by atoms with E-state index in [1.807, 2.05) is 5.32 Å². The van der Waals surface area contributed by atoms with Crippen molar-refractivity contribution in [3.8, 4) is 0 Å². The number of aliphatic hydroxyl groups is 1. The van der Waals surface area contributed by atoms with E-state index >= 15 is 0 Å². The minimum Gasteiger partial charge on any atom is -0.480 e. The number of carbonyl (C=O) groups excluding carboxylic acids is 7. The molecule has 0 saturated carbocycles. The highest BCUT2D eigenvalue weighted by Gasteiger charge is 2.34. The van der Waals surface area contributed by atoms with Gasteiger partial charge in [0.1, 0.15) is 30.7 Å². The summed E-state index contributed by atoms with van der Waals surface area (Å²) in [5.41, 5.74) is 5.51. The van der Waals surface area contributed by atoms with Crippen molar-refractivity contribution >= 4 is 47.2 Å². The molecule has 250 valence electrons. The molecule has 0 aliphatic carbocycles. The summed E-state index contributed by atoms with van der Waals surface area (Å²) in [7, 11) is 0. The lowest BCUT2D eigenvalue weighted by Crippen LogP contribution is -2.61. The van der Waals surface area contributed by atoms with Crippen LogP contribution in [0, 0.1) is 5.92 Å². The number of aliphatic carboxylic acids is 1. The highest BCUT2D eigenvalue weighted by molar-refractivity contribution is 6.38. The van der Waals surface area contributed by atoms with E-state index in [-0.39, 0.29) is 6.42 Å². The summed E-state index contributed by atoms with van der Waals surface area (Å²) in [5, 5.41) is 32.9. The molecule has 0 aromatic rings. The van der Waals surface area contributed by atoms with Gasteiger partial charge in [0.25, 0.3) is 5.91 Å². The third-order valence-corrected chi connectivity index (χ3v) is 6.62. The highest BCUT2D eigenvalue weighted by atomic mass is 16.4. The van der Waals surface area contributed by atoms with Crippen LogP contribution in [0.25, 0.3) is 0 Å². The van der Waals surface area contributed by atoms with Gasteiger partial charge < -0.3 is 47.8 Å². The maximum Gasteiger partial charge on any atom is 0.322 e. The van der Waals surface area contributed by atoms with Gasteiger partial charge in [-0.1, -0.05) is 20.3 Å². The first-order valence-electron chi connectivity index (χ1n) is 14.4. The van der Waals surface area contributed by atoms with E-state index in [1.54, 1.807) is 13.8 Å². The monoisotopic (exact) mass is 629 g/mol. The van der Waals surface area contributed by atoms with Crippen molar-refractivity contribution < 1.29 is 48.6 Å². The number of carbonyl (C=O) groups is 8. The van der Waals surface area contributed by atoms with Gasteiger partial charge in [-0.2, -0.15) is 0 Å². The molecule has 10 N–H and O–H groups in total. The SMILES string of the molecule is CCC(C)[C@H](NC(=O)[C@H](CCCCN)NC(C)=O)C(=O)N[C@H](C(=O)N[C@@H](C)C(=O)NC(C)C(=O)C(=O)NCC(=O)O)[C@@H](C)O. The highest BCUT2D eigenvalue weighted by Crippen LogP contribution is 2.11. The van der Waals surface area contributed by atoms with E-state index in [2.05, 4.69) is 26.6 Å². The predicted octanol–water partition coefficient (Wildman–Crippen LogP) is -3.20. The molecule has 0 bridgehead atoms. The summed E-state index contributed by atoms with van der Waals surface area (Å²) in [6, 6.07) is -6.29. The summed E-state index contributed by atoms with van der Waals surface area (Å²) >= 11 is 0. The number of hydrogen-bond donors (Lipinski definition) is 9. The number of hydrogen-bond acceptors (Lipinski definition) is 10. The number of amides is 6. The standard InChI is InChI=1S/C27H47N7O10/c1-7-13(2)20(33-24(41)18(32-17(6)36)10-8-9-11-28)25(42)34-21(16(5)35)26(43)31-15(4)23(40)30-14(3)22(39)27(44)29-12-19(37)38/h13-16,18,20-21,35H,7-12,28H2,1-6H3,(H,29,44)(H,30,40)(H,31,43)(H,32,36)(H,33,41)(H,34,42)(H,37,38)/t13?,14?,15-,16+,18-,20-,21-/m0/s1. The Morgan fingerprint density at radius 3 is 1.77 bits per heavy atom. The Balaban J connectivity index is 5.53. The molecular formula is C27H47N7O10. The molecule has 0 heterocycles. The molecule has 6 amide bonds. The van der Waals surface area contributed by atoms with E-state index in [9.17, 15) is 43.5 Å². The van der Waals surface area contributed by atoms with E-state index in [0.717, 1.165) is 0 Å². The fraction of sp³-hybridized carbons (Fsp3) is 0.704. The maximum atomic E-state index is 13.3. The first kappa shape index (κ1) is 39.9. The molecule has 0 aliphatic heterocycles. The molecule has 17 nitrogen and oxygen atoms in total. The average molecular weight is 630 g/mol. The molecule has 0 aromatic heterocycles. The van der Waals surface area contributed by atoms with Gasteiger partial charge in [-0.25, -0.2) is 0 Å². The van der Waals surface area contributed by atoms with Gasteiger partial charge >= 0.3 is 5.97 Å². The predicted molar refractivity (Wildman–Crippen MR) is 156 cm³/mol. The maximum absolute atomic E-state index is 13.3. The zero-order valence-corrected chi connectivity index (χ0v) is 26.0. The first-order valence-corrected chi connectivity index (χ1v) is 14.4. The van der Waals surface area contributed by atoms with Crippen LogP contribution < -0.4 is 37.6 Å². The van der Waals surface area contributed by atoms with Crippen molar-refractivity contribution in [1.82, 2.24) is 31.9 Å². The molecule has 7 atom stereocenters. The number of Topliss-reactive ketones (excluding diaryl/α,β-unsaturated/α-hetero) is 1. The minimum atomic E-state index is -1.56. The van der Waals surface area contributed by atoms with Crippen molar-refractivity contribution in [2.24, 2.45) is 11.7 Å². The van der Waals surface area contributed by atoms with Crippen molar-refractivity contribution in [3.63, 3.8) is 0 Å². The molecule has 0 rings (SSSR count). The molecule has 44 heavy (non-hydrogen) atoms. The average Bonchev–Trinajstić information content (AvgIpc) is 2.95. The van der Waals surface area contributed by atoms with Crippen LogP contribution in [0.4, 0.5) is 0 Å². The number of carboxylic acid groups (broad SMARTS) is 1. The lowest BCUT2D eigenvalue weighted by atomic mass is 9.96. The topological polar surface area (TPSA) is 275 Å². The van der Waals surface area contributed by atoms with Crippen molar-refractivity contribution in [3.05, 3.63) is 0 Å². The number of nitrogens with two attached hydrogens (primary N) is 1. The van der Waals surface area contributed by atoms with Crippen LogP contribution in [-0.2, 0) is 38.4 Å². The Hall–Kier alpha value is -4.12. The van der Waals surface area contributed by atoms with Crippen LogP contribution in [0.5, 0.6) is 0 Å². The fourth-order valence-electron chi connectivity index (χ4n) is 3.82. The molecule has 2 unspecified atom stereocenters. The van der Waals surface area contributed by atoms with Gasteiger partial charge in [-0.3, -0.25) is 38.4 Å². The van der Waals surface area contributed by atoms with Gasteiger partial charge in [0.05, 0.1) is 12.1 Å². The second-order valence-corrected chi connectivity index (χ2v) is 10.5. The smallest absolute Gasteiger partial charge is 0.322 e. The molecule has 0 spiro atoms. The number of nitrogens with one attached hydrogen (secondary N) is 6. The van der Waals surface area contributed by atoms with Gasteiger partial charge in [0.15, 0.2) is 0 Å². The van der Waals surface area contributed by atoms with Crippen LogP contribution in [0.3, 0.4) is 0 Å². The third-order valence-electron chi connectivity index (χ3n) is 6.62. The van der Waals surface area contributed by atoms with Gasteiger partial charge in [0.2, 0.25) is 35.3 Å².